The lowest BCUT2D eigenvalue weighted by atomic mass is 10.1. The van der Waals surface area contributed by atoms with E-state index in [2.05, 4.69) is 9.88 Å². The van der Waals surface area contributed by atoms with Crippen molar-refractivity contribution in [1.29, 1.82) is 0 Å². The molecular formula is C16H18N2O2. The Balaban J connectivity index is 1.82. The van der Waals surface area contributed by atoms with E-state index >= 15 is 0 Å². The molecule has 1 aliphatic heterocycles. The topological polar surface area (TPSA) is 42.4 Å². The van der Waals surface area contributed by atoms with Gasteiger partial charge in [-0.25, -0.2) is 0 Å². The Labute approximate surface area is 118 Å². The summed E-state index contributed by atoms with van der Waals surface area (Å²) in [6.07, 6.45) is 4.38. The highest BCUT2D eigenvalue weighted by Crippen LogP contribution is 2.28. The lowest BCUT2D eigenvalue weighted by Crippen LogP contribution is -2.31. The highest BCUT2D eigenvalue weighted by Gasteiger charge is 2.33. The number of likely N-dealkylation sites (tertiary alicyclic amines) is 1. The summed E-state index contributed by atoms with van der Waals surface area (Å²) in [5.41, 5.74) is 0. The van der Waals surface area contributed by atoms with E-state index in [1.165, 1.54) is 0 Å². The molecule has 2 heterocycles. The van der Waals surface area contributed by atoms with Crippen LogP contribution in [0.25, 0.3) is 10.8 Å². The second-order valence-corrected chi connectivity index (χ2v) is 5.40. The van der Waals surface area contributed by atoms with Crippen molar-refractivity contribution < 1.29 is 9.53 Å². The minimum atomic E-state index is -0.0251. The molecule has 1 aromatic heterocycles. The molecule has 2 aromatic rings. The molecule has 20 heavy (non-hydrogen) atoms. The van der Waals surface area contributed by atoms with Crippen LogP contribution in [-0.2, 0) is 4.79 Å². The average Bonchev–Trinajstić information content (AvgIpc) is 2.80. The van der Waals surface area contributed by atoms with Gasteiger partial charge in [0.1, 0.15) is 17.6 Å². The number of fused-ring (bicyclic) bond motifs is 1. The van der Waals surface area contributed by atoms with Gasteiger partial charge in [0.05, 0.1) is 12.2 Å². The third-order valence-electron chi connectivity index (χ3n) is 3.90. The van der Waals surface area contributed by atoms with Crippen molar-refractivity contribution >= 4 is 16.6 Å². The fourth-order valence-electron chi connectivity index (χ4n) is 2.88. The molecule has 1 fully saturated rings. The molecule has 2 unspecified atom stereocenters. The molecule has 1 aromatic carbocycles. The minimum Gasteiger partial charge on any atom is -0.487 e. The molecule has 0 aliphatic carbocycles. The lowest BCUT2D eigenvalue weighted by molar-refractivity contribution is -0.120. The number of ether oxygens (including phenoxy) is 1. The highest BCUT2D eigenvalue weighted by atomic mass is 16.5. The lowest BCUT2D eigenvalue weighted by Gasteiger charge is -2.15. The van der Waals surface area contributed by atoms with Gasteiger partial charge in [-0.2, -0.15) is 0 Å². The molecule has 1 saturated heterocycles. The van der Waals surface area contributed by atoms with E-state index in [0.29, 0.717) is 0 Å². The Morgan fingerprint density at radius 2 is 2.15 bits per heavy atom. The fraction of sp³-hybridized carbons (Fsp3) is 0.375. The average molecular weight is 270 g/mol. The first-order valence-corrected chi connectivity index (χ1v) is 6.85. The largest absolute Gasteiger partial charge is 0.487 e. The van der Waals surface area contributed by atoms with Gasteiger partial charge in [-0.3, -0.25) is 14.7 Å². The number of ketones is 1. The maximum absolute atomic E-state index is 11.6. The van der Waals surface area contributed by atoms with Crippen LogP contribution in [0.5, 0.6) is 5.75 Å². The number of carbonyl (C=O) groups excluding carboxylic acids is 1. The molecule has 0 saturated carbocycles. The van der Waals surface area contributed by atoms with Gasteiger partial charge < -0.3 is 4.74 Å². The molecule has 2 atom stereocenters. The van der Waals surface area contributed by atoms with E-state index in [4.69, 9.17) is 4.74 Å². The van der Waals surface area contributed by atoms with E-state index in [-0.39, 0.29) is 17.9 Å². The Morgan fingerprint density at radius 1 is 1.35 bits per heavy atom. The van der Waals surface area contributed by atoms with Gasteiger partial charge >= 0.3 is 0 Å². The zero-order valence-corrected chi connectivity index (χ0v) is 11.7. The summed E-state index contributed by atoms with van der Waals surface area (Å²) >= 11 is 0. The van der Waals surface area contributed by atoms with Crippen molar-refractivity contribution in [3.05, 3.63) is 36.7 Å². The first-order chi connectivity index (χ1) is 9.65. The highest BCUT2D eigenvalue weighted by molar-refractivity contribution is 5.87. The van der Waals surface area contributed by atoms with Crippen LogP contribution < -0.4 is 4.74 Å². The summed E-state index contributed by atoms with van der Waals surface area (Å²) in [4.78, 5) is 17.8. The number of nitrogens with zero attached hydrogens (tertiary/aromatic N) is 2. The van der Waals surface area contributed by atoms with E-state index < -0.39 is 0 Å². The zero-order valence-electron chi connectivity index (χ0n) is 11.7. The Bertz CT molecular complexity index is 636. The summed E-state index contributed by atoms with van der Waals surface area (Å²) in [6, 6.07) is 8.02. The van der Waals surface area contributed by atoms with Crippen LogP contribution in [0.2, 0.25) is 0 Å². The van der Waals surface area contributed by atoms with Crippen molar-refractivity contribution in [1.82, 2.24) is 9.88 Å². The normalized spacial score (nSPS) is 23.1. The Morgan fingerprint density at radius 3 is 2.90 bits per heavy atom. The second-order valence-electron chi connectivity index (χ2n) is 5.40. The molecule has 0 N–H and O–H groups in total. The molecule has 4 nitrogen and oxygen atoms in total. The molecule has 4 heteroatoms. The predicted molar refractivity (Wildman–Crippen MR) is 77.9 cm³/mol. The molecule has 1 aliphatic rings. The van der Waals surface area contributed by atoms with Crippen LogP contribution in [0.3, 0.4) is 0 Å². The van der Waals surface area contributed by atoms with E-state index in [9.17, 15) is 4.79 Å². The molecule has 0 radical (unpaired) electrons. The van der Waals surface area contributed by atoms with Gasteiger partial charge in [0.25, 0.3) is 0 Å². The standard InChI is InChI=1S/C16H18N2O2/c1-11(19)15-7-13(10-18(15)2)20-16-9-17-8-12-5-3-4-6-14(12)16/h3-6,8-9,13,15H,7,10H2,1-2H3. The van der Waals surface area contributed by atoms with Gasteiger partial charge in [0, 0.05) is 29.9 Å². The van der Waals surface area contributed by atoms with Gasteiger partial charge in [-0.1, -0.05) is 24.3 Å². The third-order valence-corrected chi connectivity index (χ3v) is 3.90. The van der Waals surface area contributed by atoms with Crippen LogP contribution in [0.1, 0.15) is 13.3 Å². The van der Waals surface area contributed by atoms with Gasteiger partial charge in [-0.05, 0) is 14.0 Å². The molecule has 104 valence electrons. The molecule has 3 rings (SSSR count). The van der Waals surface area contributed by atoms with Gasteiger partial charge in [0.15, 0.2) is 0 Å². The Hall–Kier alpha value is -1.94. The van der Waals surface area contributed by atoms with E-state index in [1.54, 1.807) is 13.1 Å². The number of hydrogen-bond donors (Lipinski definition) is 0. The van der Waals surface area contributed by atoms with Crippen molar-refractivity contribution in [2.75, 3.05) is 13.6 Å². The van der Waals surface area contributed by atoms with Crippen LogP contribution in [0.4, 0.5) is 0 Å². The predicted octanol–water partition coefficient (Wildman–Crippen LogP) is 2.28. The monoisotopic (exact) mass is 270 g/mol. The number of Topliss-reactive ketones (excluding diaryl/α,β-unsaturated/α-hetero) is 1. The Kier molecular flexibility index (Phi) is 3.40. The number of likely N-dealkylation sites (N-methyl/N-ethyl adjacent to an activating group) is 1. The number of carbonyl (C=O) groups is 1. The smallest absolute Gasteiger partial charge is 0.147 e. The van der Waals surface area contributed by atoms with Crippen LogP contribution in [-0.4, -0.2) is 41.4 Å². The maximum Gasteiger partial charge on any atom is 0.147 e. The molecular weight excluding hydrogens is 252 g/mol. The van der Waals surface area contributed by atoms with Crippen molar-refractivity contribution in [3.63, 3.8) is 0 Å². The van der Waals surface area contributed by atoms with Gasteiger partial charge in [0.2, 0.25) is 0 Å². The number of benzene rings is 1. The second kappa shape index (κ2) is 5.21. The van der Waals surface area contributed by atoms with Crippen molar-refractivity contribution in [2.45, 2.75) is 25.5 Å². The minimum absolute atomic E-state index is 0.0251. The first-order valence-electron chi connectivity index (χ1n) is 6.85. The first kappa shape index (κ1) is 13.1. The third kappa shape index (κ3) is 2.39. The van der Waals surface area contributed by atoms with E-state index in [1.807, 2.05) is 37.5 Å². The number of pyridine rings is 1. The van der Waals surface area contributed by atoms with Crippen molar-refractivity contribution in [2.24, 2.45) is 0 Å². The maximum atomic E-state index is 11.6. The van der Waals surface area contributed by atoms with Crippen molar-refractivity contribution in [3.8, 4) is 5.75 Å². The summed E-state index contributed by atoms with van der Waals surface area (Å²) in [5.74, 6) is 1.00. The summed E-state index contributed by atoms with van der Waals surface area (Å²) in [6.45, 7) is 2.41. The number of hydrogen-bond acceptors (Lipinski definition) is 4. The number of aromatic nitrogens is 1. The molecule has 0 spiro atoms. The summed E-state index contributed by atoms with van der Waals surface area (Å²) in [7, 11) is 1.97. The summed E-state index contributed by atoms with van der Waals surface area (Å²) in [5, 5.41) is 2.14. The quantitative estimate of drug-likeness (QED) is 0.858. The molecule has 0 amide bonds. The van der Waals surface area contributed by atoms with Crippen LogP contribution in [0, 0.1) is 0 Å². The zero-order chi connectivity index (χ0) is 14.1. The van der Waals surface area contributed by atoms with E-state index in [0.717, 1.165) is 29.5 Å². The molecule has 0 bridgehead atoms. The SMILES string of the molecule is CC(=O)C1CC(Oc2cncc3ccccc23)CN1C. The fourth-order valence-corrected chi connectivity index (χ4v) is 2.88. The summed E-state index contributed by atoms with van der Waals surface area (Å²) < 4.78 is 6.08. The van der Waals surface area contributed by atoms with Gasteiger partial charge in [-0.15, -0.1) is 0 Å². The van der Waals surface area contributed by atoms with Crippen LogP contribution >= 0.6 is 0 Å². The number of rotatable bonds is 3. The van der Waals surface area contributed by atoms with Crippen LogP contribution in [0.15, 0.2) is 36.7 Å².